The molecule has 0 amide bonds. The van der Waals surface area contributed by atoms with E-state index in [0.29, 0.717) is 50.0 Å². The van der Waals surface area contributed by atoms with Gasteiger partial charge in [-0.25, -0.2) is 15.6 Å². The minimum absolute atomic E-state index is 0.128. The second-order valence-corrected chi connectivity index (χ2v) is 13.8. The summed E-state index contributed by atoms with van der Waals surface area (Å²) in [5.41, 5.74) is 7.08. The zero-order valence-corrected chi connectivity index (χ0v) is 25.7. The van der Waals surface area contributed by atoms with E-state index < -0.39 is 17.4 Å². The average molecular weight is 625 g/mol. The maximum atomic E-state index is 14.3. The van der Waals surface area contributed by atoms with Crippen molar-refractivity contribution in [2.45, 2.75) is 75.3 Å². The van der Waals surface area contributed by atoms with Crippen molar-refractivity contribution in [3.8, 4) is 11.8 Å². The van der Waals surface area contributed by atoms with Crippen LogP contribution in [0.1, 0.15) is 61.6 Å². The molecule has 0 radical (unpaired) electrons. The highest BCUT2D eigenvalue weighted by molar-refractivity contribution is 5.58. The van der Waals surface area contributed by atoms with Crippen molar-refractivity contribution in [3.63, 3.8) is 0 Å². The van der Waals surface area contributed by atoms with Crippen molar-refractivity contribution < 1.29 is 22.4 Å². The van der Waals surface area contributed by atoms with Crippen molar-refractivity contribution >= 4 is 5.52 Å². The van der Waals surface area contributed by atoms with Crippen LogP contribution in [-0.4, -0.2) is 70.6 Å². The predicted molar refractivity (Wildman–Crippen MR) is 162 cm³/mol. The number of benzene rings is 1. The molecule has 0 bridgehead atoms. The van der Waals surface area contributed by atoms with Gasteiger partial charge in [0.15, 0.2) is 6.17 Å². The maximum absolute atomic E-state index is 14.3. The Labute approximate surface area is 260 Å². The number of halogens is 3. The van der Waals surface area contributed by atoms with Gasteiger partial charge in [-0.05, 0) is 68.0 Å². The number of hydrogen-bond donors (Lipinski definition) is 2. The number of pyridine rings is 1. The molecule has 4 fully saturated rings. The van der Waals surface area contributed by atoms with E-state index in [0.717, 1.165) is 33.6 Å². The lowest BCUT2D eigenvalue weighted by molar-refractivity contribution is -0.949. The van der Waals surface area contributed by atoms with E-state index >= 15 is 0 Å². The number of aromatic nitrogens is 2. The van der Waals surface area contributed by atoms with Crippen LogP contribution in [0.5, 0.6) is 0 Å². The molecule has 3 aromatic rings. The third kappa shape index (κ3) is 5.48. The fourth-order valence-corrected chi connectivity index (χ4v) is 8.10. The molecule has 9 nitrogen and oxygen atoms in total. The lowest BCUT2D eigenvalue weighted by Gasteiger charge is -2.48. The van der Waals surface area contributed by atoms with Gasteiger partial charge in [0.05, 0.1) is 55.1 Å². The van der Waals surface area contributed by atoms with Crippen LogP contribution in [-0.2, 0) is 22.9 Å². The topological polar surface area (TPSA) is 86.7 Å². The van der Waals surface area contributed by atoms with Gasteiger partial charge in [0.25, 0.3) is 0 Å². The van der Waals surface area contributed by atoms with Gasteiger partial charge < -0.3 is 4.74 Å². The van der Waals surface area contributed by atoms with Gasteiger partial charge >= 0.3 is 11.9 Å². The van der Waals surface area contributed by atoms with E-state index in [2.05, 4.69) is 24.0 Å². The van der Waals surface area contributed by atoms with Crippen LogP contribution in [0.3, 0.4) is 0 Å². The standard InChI is InChI=1S/C33H41F3N7O2/c1-43(27-8-3-2-4-9-27)22-38-39-30(43)14-32(20-45-21-32)25-6-5-7-26(13-25)41-19-29-28(33(34,35)36)12-24(18-42(29)31(41)44)17-40-11-10-23(15-37)16-40/h5-7,12-13,18-19,23,27,30,38-39H,2-4,8-11,14,16-17,20-22H2,1H3/q+1/t23-,30?,43?/m0/s1. The van der Waals surface area contributed by atoms with Crippen molar-refractivity contribution in [1.29, 1.82) is 5.26 Å². The molecule has 1 aliphatic carbocycles. The largest absolute Gasteiger partial charge is 0.418 e. The lowest BCUT2D eigenvalue weighted by atomic mass is 9.74. The molecular weight excluding hydrogens is 583 g/mol. The van der Waals surface area contributed by atoms with E-state index in [1.54, 1.807) is 6.07 Å². The number of quaternary nitrogens is 1. The van der Waals surface area contributed by atoms with Gasteiger partial charge in [-0.3, -0.25) is 18.4 Å². The molecule has 3 atom stereocenters. The smallest absolute Gasteiger partial charge is 0.379 e. The summed E-state index contributed by atoms with van der Waals surface area (Å²) in [5.74, 6) is -0.128. The Morgan fingerprint density at radius 2 is 1.93 bits per heavy atom. The Hall–Kier alpha value is -3.21. The molecule has 240 valence electrons. The van der Waals surface area contributed by atoms with Crippen molar-refractivity contribution in [3.05, 3.63) is 69.9 Å². The molecule has 4 aliphatic rings. The first kappa shape index (κ1) is 30.4. The summed E-state index contributed by atoms with van der Waals surface area (Å²) in [6.45, 7) is 3.35. The van der Waals surface area contributed by atoms with Crippen LogP contribution in [0, 0.1) is 17.2 Å². The van der Waals surface area contributed by atoms with E-state index in [4.69, 9.17) is 4.74 Å². The molecular formula is C33H41F3N7O2+. The molecule has 12 heteroatoms. The normalized spacial score (nSPS) is 27.5. The number of nitriles is 1. The molecule has 2 unspecified atom stereocenters. The van der Waals surface area contributed by atoms with E-state index in [1.807, 2.05) is 23.1 Å². The monoisotopic (exact) mass is 624 g/mol. The second kappa shape index (κ2) is 11.5. The van der Waals surface area contributed by atoms with Crippen LogP contribution >= 0.6 is 0 Å². The Kier molecular flexibility index (Phi) is 7.81. The first-order valence-electron chi connectivity index (χ1n) is 16.1. The number of hydrazine groups is 1. The molecule has 1 aromatic carbocycles. The van der Waals surface area contributed by atoms with Gasteiger partial charge in [0.2, 0.25) is 0 Å². The van der Waals surface area contributed by atoms with E-state index in [-0.39, 0.29) is 29.6 Å². The highest BCUT2D eigenvalue weighted by Gasteiger charge is 2.51. The highest BCUT2D eigenvalue weighted by atomic mass is 19.4. The number of likely N-dealkylation sites (tertiary alicyclic amines) is 1. The minimum atomic E-state index is -4.64. The zero-order valence-electron chi connectivity index (χ0n) is 25.7. The molecule has 3 aliphatic heterocycles. The fourth-order valence-electron chi connectivity index (χ4n) is 8.10. The number of hydrogen-bond acceptors (Lipinski definition) is 6. The minimum Gasteiger partial charge on any atom is -0.379 e. The quantitative estimate of drug-likeness (QED) is 0.382. The lowest BCUT2D eigenvalue weighted by Crippen LogP contribution is -2.62. The number of fused-ring (bicyclic) bond motifs is 1. The number of alkyl halides is 3. The third-order valence-corrected chi connectivity index (χ3v) is 10.9. The van der Waals surface area contributed by atoms with Crippen molar-refractivity contribution in [2.75, 3.05) is 40.0 Å². The number of nitrogens with one attached hydrogen (secondary N) is 2. The summed E-state index contributed by atoms with van der Waals surface area (Å²) in [5, 5.41) is 9.24. The first-order valence-corrected chi connectivity index (χ1v) is 16.1. The van der Waals surface area contributed by atoms with Crippen LogP contribution in [0.4, 0.5) is 13.2 Å². The maximum Gasteiger partial charge on any atom is 0.418 e. The highest BCUT2D eigenvalue weighted by Crippen LogP contribution is 2.41. The molecule has 1 saturated carbocycles. The summed E-state index contributed by atoms with van der Waals surface area (Å²) in [6, 6.07) is 11.6. The van der Waals surface area contributed by atoms with Crippen LogP contribution in [0.25, 0.3) is 11.2 Å². The van der Waals surface area contributed by atoms with Gasteiger partial charge in [-0.15, -0.1) is 0 Å². The van der Waals surface area contributed by atoms with Gasteiger partial charge in [-0.1, -0.05) is 18.6 Å². The van der Waals surface area contributed by atoms with Crippen LogP contribution in [0.15, 0.2) is 47.5 Å². The van der Waals surface area contributed by atoms with E-state index in [1.165, 1.54) is 49.1 Å². The van der Waals surface area contributed by atoms with Crippen LogP contribution in [0.2, 0.25) is 0 Å². The van der Waals surface area contributed by atoms with E-state index in [9.17, 15) is 23.2 Å². The van der Waals surface area contributed by atoms with Gasteiger partial charge in [-0.2, -0.15) is 18.4 Å². The van der Waals surface area contributed by atoms with Gasteiger partial charge in [0, 0.05) is 37.3 Å². The first-order chi connectivity index (χ1) is 21.6. The molecule has 45 heavy (non-hydrogen) atoms. The number of ether oxygens (including phenoxy) is 1. The summed E-state index contributed by atoms with van der Waals surface area (Å²) >= 11 is 0. The molecule has 2 N–H and O–H groups in total. The SMILES string of the molecule is C[N+]1(C2CCCCC2)CNNC1CC1(c2cccc(-n3cc4c(C(F)(F)F)cc(CN5CC[C@@H](C#N)C5)cn4c3=O)c2)COC1. The Morgan fingerprint density at radius 1 is 1.13 bits per heavy atom. The molecule has 0 spiro atoms. The third-order valence-electron chi connectivity index (χ3n) is 10.9. The zero-order chi connectivity index (χ0) is 31.4. The summed E-state index contributed by atoms with van der Waals surface area (Å²) in [7, 11) is 2.34. The summed E-state index contributed by atoms with van der Waals surface area (Å²) < 4.78 is 52.1. The number of rotatable bonds is 7. The predicted octanol–water partition coefficient (Wildman–Crippen LogP) is 4.28. The Balaban J connectivity index is 1.21. The van der Waals surface area contributed by atoms with Crippen molar-refractivity contribution in [1.82, 2.24) is 24.7 Å². The summed E-state index contributed by atoms with van der Waals surface area (Å²) in [6.07, 6.45) is 6.17. The van der Waals surface area contributed by atoms with Crippen molar-refractivity contribution in [2.24, 2.45) is 5.92 Å². The Bertz CT molecular complexity index is 1670. The molecule has 7 rings (SSSR count). The molecule has 3 saturated heterocycles. The van der Waals surface area contributed by atoms with Gasteiger partial charge in [0.1, 0.15) is 6.67 Å². The Morgan fingerprint density at radius 3 is 2.62 bits per heavy atom. The average Bonchev–Trinajstić information content (AvgIpc) is 3.72. The fraction of sp³-hybridized carbons (Fsp3) is 0.576. The summed E-state index contributed by atoms with van der Waals surface area (Å²) in [4.78, 5) is 15.7. The van der Waals surface area contributed by atoms with Crippen LogP contribution < -0.4 is 16.5 Å². The molecule has 5 heterocycles. The number of nitrogens with zero attached hydrogens (tertiary/aromatic N) is 5. The molecule has 2 aromatic heterocycles. The number of imidazole rings is 1. The second-order valence-electron chi connectivity index (χ2n) is 13.8.